The maximum absolute atomic E-state index is 9.93. The Morgan fingerprint density at radius 1 is 0.913 bits per heavy atom. The fourth-order valence-electron chi connectivity index (χ4n) is 2.74. The average Bonchev–Trinajstić information content (AvgIpc) is 2.59. The molecule has 3 heteroatoms. The van der Waals surface area contributed by atoms with E-state index in [-0.39, 0.29) is 12.7 Å². The van der Waals surface area contributed by atoms with E-state index >= 15 is 0 Å². The molecule has 2 atom stereocenters. The Kier molecular flexibility index (Phi) is 11.9. The highest BCUT2D eigenvalue weighted by atomic mass is 16.5. The molecule has 0 aromatic heterocycles. The van der Waals surface area contributed by atoms with Crippen LogP contribution >= 0.6 is 0 Å². The molecule has 132 valence electrons. The predicted molar refractivity (Wildman–Crippen MR) is 95.6 cm³/mol. The Morgan fingerprint density at radius 2 is 1.52 bits per heavy atom. The molecular weight excluding hydrogens is 288 g/mol. The van der Waals surface area contributed by atoms with Crippen LogP contribution < -0.4 is 0 Å². The Bertz CT molecular complexity index is 366. The van der Waals surface area contributed by atoms with Gasteiger partial charge in [-0.1, -0.05) is 82.2 Å². The van der Waals surface area contributed by atoms with Crippen molar-refractivity contribution in [2.24, 2.45) is 0 Å². The molecule has 0 heterocycles. The van der Waals surface area contributed by atoms with Crippen molar-refractivity contribution in [3.63, 3.8) is 0 Å². The normalized spacial score (nSPS) is 13.9. The van der Waals surface area contributed by atoms with Crippen molar-refractivity contribution in [3.05, 3.63) is 35.9 Å². The molecule has 23 heavy (non-hydrogen) atoms. The fourth-order valence-corrected chi connectivity index (χ4v) is 2.74. The third-order valence-electron chi connectivity index (χ3n) is 4.23. The van der Waals surface area contributed by atoms with E-state index in [0.717, 1.165) is 12.0 Å². The highest BCUT2D eigenvalue weighted by Gasteiger charge is 2.19. The molecule has 0 saturated heterocycles. The first-order valence-electron chi connectivity index (χ1n) is 9.22. The number of benzene rings is 1. The van der Waals surface area contributed by atoms with Crippen molar-refractivity contribution in [2.75, 3.05) is 13.2 Å². The van der Waals surface area contributed by atoms with Gasteiger partial charge in [0.1, 0.15) is 6.10 Å². The molecule has 1 aromatic carbocycles. The van der Waals surface area contributed by atoms with E-state index in [1.807, 2.05) is 30.3 Å². The van der Waals surface area contributed by atoms with Crippen molar-refractivity contribution < 1.29 is 14.9 Å². The first-order chi connectivity index (χ1) is 11.3. The van der Waals surface area contributed by atoms with E-state index in [0.29, 0.717) is 13.0 Å². The predicted octanol–water partition coefficient (Wildman–Crippen LogP) is 4.11. The number of aliphatic hydroxyl groups excluding tert-OH is 2. The zero-order valence-electron chi connectivity index (χ0n) is 14.6. The van der Waals surface area contributed by atoms with Crippen LogP contribution in [0.25, 0.3) is 0 Å². The van der Waals surface area contributed by atoms with Gasteiger partial charge in [-0.15, -0.1) is 0 Å². The molecule has 0 aliphatic rings. The molecule has 3 nitrogen and oxygen atoms in total. The Morgan fingerprint density at radius 3 is 2.13 bits per heavy atom. The van der Waals surface area contributed by atoms with E-state index in [4.69, 9.17) is 4.74 Å². The fraction of sp³-hybridized carbons (Fsp3) is 0.700. The van der Waals surface area contributed by atoms with Crippen LogP contribution in [0.4, 0.5) is 0 Å². The minimum atomic E-state index is -0.816. The molecule has 0 aliphatic carbocycles. The van der Waals surface area contributed by atoms with Gasteiger partial charge < -0.3 is 14.9 Å². The SMILES string of the molecule is CCCCCCCCCCOC(Cc1ccccc1)C(O)CO. The van der Waals surface area contributed by atoms with Crippen molar-refractivity contribution in [1.82, 2.24) is 0 Å². The van der Waals surface area contributed by atoms with Gasteiger partial charge in [0.15, 0.2) is 0 Å². The molecule has 1 rings (SSSR count). The first kappa shape index (κ1) is 20.1. The van der Waals surface area contributed by atoms with Crippen LogP contribution in [0, 0.1) is 0 Å². The first-order valence-corrected chi connectivity index (χ1v) is 9.22. The van der Waals surface area contributed by atoms with Crippen LogP contribution in [0.5, 0.6) is 0 Å². The lowest BCUT2D eigenvalue weighted by molar-refractivity contribution is -0.0580. The second-order valence-corrected chi connectivity index (χ2v) is 6.32. The molecule has 0 radical (unpaired) electrons. The monoisotopic (exact) mass is 322 g/mol. The van der Waals surface area contributed by atoms with Gasteiger partial charge in [0.2, 0.25) is 0 Å². The summed E-state index contributed by atoms with van der Waals surface area (Å²) in [5.41, 5.74) is 1.13. The van der Waals surface area contributed by atoms with Crippen molar-refractivity contribution >= 4 is 0 Å². The minimum Gasteiger partial charge on any atom is -0.394 e. The van der Waals surface area contributed by atoms with Gasteiger partial charge in [-0.25, -0.2) is 0 Å². The van der Waals surface area contributed by atoms with Crippen LogP contribution in [0.2, 0.25) is 0 Å². The number of unbranched alkanes of at least 4 members (excludes halogenated alkanes) is 7. The summed E-state index contributed by atoms with van der Waals surface area (Å²) >= 11 is 0. The van der Waals surface area contributed by atoms with Crippen LogP contribution in [-0.4, -0.2) is 35.6 Å². The standard InChI is InChI=1S/C20H34O3/c1-2-3-4-5-6-7-8-12-15-23-20(19(22)17-21)16-18-13-10-9-11-14-18/h9-11,13-14,19-22H,2-8,12,15-17H2,1H3. The second kappa shape index (κ2) is 13.5. The number of rotatable bonds is 14. The number of hydrogen-bond acceptors (Lipinski definition) is 3. The van der Waals surface area contributed by atoms with Gasteiger partial charge in [-0.3, -0.25) is 0 Å². The summed E-state index contributed by atoms with van der Waals surface area (Å²) in [6.07, 6.45) is 9.62. The Hall–Kier alpha value is -0.900. The quantitative estimate of drug-likeness (QED) is 0.507. The average molecular weight is 322 g/mol. The molecular formula is C20H34O3. The molecule has 2 N–H and O–H groups in total. The maximum Gasteiger partial charge on any atom is 0.103 e. The molecule has 0 spiro atoms. The molecule has 0 aliphatic heterocycles. The Balaban J connectivity index is 2.17. The molecule has 1 aromatic rings. The molecule has 0 fully saturated rings. The van der Waals surface area contributed by atoms with Crippen molar-refractivity contribution in [2.45, 2.75) is 76.9 Å². The summed E-state index contributed by atoms with van der Waals surface area (Å²) in [6.45, 7) is 2.64. The summed E-state index contributed by atoms with van der Waals surface area (Å²) in [5, 5.41) is 19.1. The third-order valence-corrected chi connectivity index (χ3v) is 4.23. The Labute approximate surface area is 141 Å². The van der Waals surface area contributed by atoms with E-state index in [9.17, 15) is 10.2 Å². The zero-order valence-corrected chi connectivity index (χ0v) is 14.6. The van der Waals surface area contributed by atoms with Gasteiger partial charge in [-0.2, -0.15) is 0 Å². The molecule has 2 unspecified atom stereocenters. The molecule has 0 saturated carbocycles. The van der Waals surface area contributed by atoms with Gasteiger partial charge in [0.25, 0.3) is 0 Å². The summed E-state index contributed by atoms with van der Waals surface area (Å²) in [6, 6.07) is 9.99. The highest BCUT2D eigenvalue weighted by Crippen LogP contribution is 2.12. The van der Waals surface area contributed by atoms with Gasteiger partial charge in [0, 0.05) is 13.0 Å². The van der Waals surface area contributed by atoms with Gasteiger partial charge in [0.05, 0.1) is 12.7 Å². The zero-order chi connectivity index (χ0) is 16.8. The highest BCUT2D eigenvalue weighted by molar-refractivity contribution is 5.15. The van der Waals surface area contributed by atoms with Crippen LogP contribution in [0.3, 0.4) is 0 Å². The summed E-state index contributed by atoms with van der Waals surface area (Å²) in [5.74, 6) is 0. The van der Waals surface area contributed by atoms with E-state index in [2.05, 4.69) is 6.92 Å². The number of ether oxygens (including phenoxy) is 1. The summed E-state index contributed by atoms with van der Waals surface area (Å²) < 4.78 is 5.83. The smallest absolute Gasteiger partial charge is 0.103 e. The molecule has 0 amide bonds. The van der Waals surface area contributed by atoms with Crippen LogP contribution in [0.15, 0.2) is 30.3 Å². The van der Waals surface area contributed by atoms with Gasteiger partial charge >= 0.3 is 0 Å². The summed E-state index contributed by atoms with van der Waals surface area (Å²) in [4.78, 5) is 0. The largest absolute Gasteiger partial charge is 0.394 e. The van der Waals surface area contributed by atoms with Gasteiger partial charge in [-0.05, 0) is 12.0 Å². The van der Waals surface area contributed by atoms with Crippen molar-refractivity contribution in [1.29, 1.82) is 0 Å². The van der Waals surface area contributed by atoms with Crippen LogP contribution in [-0.2, 0) is 11.2 Å². The van der Waals surface area contributed by atoms with E-state index < -0.39 is 6.10 Å². The topological polar surface area (TPSA) is 49.7 Å². The minimum absolute atomic E-state index is 0.255. The van der Waals surface area contributed by atoms with Crippen LogP contribution in [0.1, 0.15) is 63.9 Å². The third kappa shape index (κ3) is 9.75. The second-order valence-electron chi connectivity index (χ2n) is 6.32. The van der Waals surface area contributed by atoms with Crippen molar-refractivity contribution in [3.8, 4) is 0 Å². The van der Waals surface area contributed by atoms with E-state index in [1.165, 1.54) is 44.9 Å². The lowest BCUT2D eigenvalue weighted by Crippen LogP contribution is -2.34. The lowest BCUT2D eigenvalue weighted by atomic mass is 10.0. The maximum atomic E-state index is 9.93. The number of aliphatic hydroxyl groups is 2. The molecule has 0 bridgehead atoms. The summed E-state index contributed by atoms with van der Waals surface area (Å²) in [7, 11) is 0. The lowest BCUT2D eigenvalue weighted by Gasteiger charge is -2.22. The van der Waals surface area contributed by atoms with E-state index in [1.54, 1.807) is 0 Å². The number of hydrogen-bond donors (Lipinski definition) is 2.